The highest BCUT2D eigenvalue weighted by atomic mass is 35.5. The van der Waals surface area contributed by atoms with Gasteiger partial charge in [0.15, 0.2) is 0 Å². The van der Waals surface area contributed by atoms with Crippen molar-refractivity contribution in [2.45, 2.75) is 18.7 Å². The van der Waals surface area contributed by atoms with E-state index >= 15 is 0 Å². The van der Waals surface area contributed by atoms with Gasteiger partial charge in [-0.15, -0.1) is 0 Å². The van der Waals surface area contributed by atoms with E-state index in [2.05, 4.69) is 6.58 Å². The van der Waals surface area contributed by atoms with Crippen molar-refractivity contribution in [2.75, 3.05) is 13.1 Å². The highest BCUT2D eigenvalue weighted by molar-refractivity contribution is 7.89. The van der Waals surface area contributed by atoms with Crippen LogP contribution in [0.15, 0.2) is 29.2 Å². The number of aromatic carboxylic acids is 1. The van der Waals surface area contributed by atoms with Crippen molar-refractivity contribution in [3.8, 4) is 0 Å². The first-order valence-electron chi connectivity index (χ1n) is 5.98. The van der Waals surface area contributed by atoms with Crippen LogP contribution >= 0.6 is 23.2 Å². The lowest BCUT2D eigenvalue weighted by atomic mass is 10.2. The quantitative estimate of drug-likeness (QED) is 0.798. The fourth-order valence-corrected chi connectivity index (χ4v) is 4.03. The molecule has 8 heteroatoms. The Hall–Kier alpha value is -1.08. The second kappa shape index (κ2) is 6.79. The Morgan fingerprint density at radius 2 is 1.90 bits per heavy atom. The summed E-state index contributed by atoms with van der Waals surface area (Å²) in [7, 11) is -3.93. The lowest BCUT2D eigenvalue weighted by molar-refractivity contribution is 0.0697. The highest BCUT2D eigenvalue weighted by Crippen LogP contribution is 2.30. The maximum Gasteiger partial charge on any atom is 0.337 e. The molecule has 0 unspecified atom stereocenters. The normalized spacial score (nSPS) is 11.7. The maximum atomic E-state index is 12.6. The average molecular weight is 352 g/mol. The number of halogens is 2. The zero-order valence-corrected chi connectivity index (χ0v) is 13.9. The first-order chi connectivity index (χ1) is 9.61. The molecule has 0 spiro atoms. The summed E-state index contributed by atoms with van der Waals surface area (Å²) in [5, 5.41) is 8.80. The van der Waals surface area contributed by atoms with Crippen molar-refractivity contribution in [1.82, 2.24) is 4.31 Å². The average Bonchev–Trinajstić information content (AvgIpc) is 2.34. The Labute approximate surface area is 133 Å². The van der Waals surface area contributed by atoms with Crippen molar-refractivity contribution >= 4 is 39.2 Å². The van der Waals surface area contributed by atoms with Gasteiger partial charge in [-0.05, 0) is 19.1 Å². The molecule has 0 fully saturated rings. The van der Waals surface area contributed by atoms with E-state index in [1.165, 1.54) is 0 Å². The number of benzene rings is 1. The zero-order chi connectivity index (χ0) is 16.4. The van der Waals surface area contributed by atoms with E-state index in [-0.39, 0.29) is 33.6 Å². The number of hydrogen-bond acceptors (Lipinski definition) is 3. The van der Waals surface area contributed by atoms with E-state index in [1.807, 2.05) is 0 Å². The van der Waals surface area contributed by atoms with Gasteiger partial charge in [-0.2, -0.15) is 4.31 Å². The smallest absolute Gasteiger partial charge is 0.337 e. The molecule has 5 nitrogen and oxygen atoms in total. The number of nitrogens with zero attached hydrogens (tertiary/aromatic N) is 1. The Kier molecular flexibility index (Phi) is 5.81. The van der Waals surface area contributed by atoms with Gasteiger partial charge in [0.25, 0.3) is 0 Å². The van der Waals surface area contributed by atoms with E-state index in [0.717, 1.165) is 16.4 Å². The number of hydrogen-bond donors (Lipinski definition) is 1. The van der Waals surface area contributed by atoms with Gasteiger partial charge in [0.05, 0.1) is 15.6 Å². The molecule has 0 amide bonds. The zero-order valence-electron chi connectivity index (χ0n) is 11.6. The van der Waals surface area contributed by atoms with Crippen LogP contribution in [0.3, 0.4) is 0 Å². The summed E-state index contributed by atoms with van der Waals surface area (Å²) in [6.45, 7) is 7.38. The molecule has 0 atom stereocenters. The highest BCUT2D eigenvalue weighted by Gasteiger charge is 2.27. The first-order valence-corrected chi connectivity index (χ1v) is 8.17. The van der Waals surface area contributed by atoms with Crippen LogP contribution in [0, 0.1) is 0 Å². The molecule has 0 aliphatic rings. The summed E-state index contributed by atoms with van der Waals surface area (Å²) >= 11 is 11.7. The third-order valence-corrected chi connectivity index (χ3v) is 5.37. The molecule has 0 saturated carbocycles. The molecule has 1 aromatic rings. The topological polar surface area (TPSA) is 74.7 Å². The molecule has 0 aromatic heterocycles. The maximum absolute atomic E-state index is 12.6. The van der Waals surface area contributed by atoms with Crippen molar-refractivity contribution < 1.29 is 18.3 Å². The summed E-state index contributed by atoms with van der Waals surface area (Å²) in [4.78, 5) is 10.8. The fourth-order valence-electron chi connectivity index (χ4n) is 1.70. The van der Waals surface area contributed by atoms with Crippen LogP contribution < -0.4 is 0 Å². The van der Waals surface area contributed by atoms with Gasteiger partial charge in [0, 0.05) is 13.1 Å². The van der Waals surface area contributed by atoms with E-state index in [1.54, 1.807) is 13.8 Å². The predicted molar refractivity (Wildman–Crippen MR) is 82.7 cm³/mol. The van der Waals surface area contributed by atoms with E-state index in [4.69, 9.17) is 28.3 Å². The minimum atomic E-state index is -3.93. The molecule has 0 saturated heterocycles. The predicted octanol–water partition coefficient (Wildman–Crippen LogP) is 3.28. The number of carboxylic acids is 1. The number of carbonyl (C=O) groups is 1. The lowest BCUT2D eigenvalue weighted by Crippen LogP contribution is -2.32. The summed E-state index contributed by atoms with van der Waals surface area (Å²) in [5.41, 5.74) is 0.343. The Bertz CT molecular complexity index is 686. The van der Waals surface area contributed by atoms with E-state index in [9.17, 15) is 13.2 Å². The van der Waals surface area contributed by atoms with Crippen LogP contribution in [0.5, 0.6) is 0 Å². The second-order valence-electron chi connectivity index (χ2n) is 4.46. The molecule has 0 heterocycles. The molecule has 0 aliphatic carbocycles. The van der Waals surface area contributed by atoms with Gasteiger partial charge >= 0.3 is 5.97 Å². The van der Waals surface area contributed by atoms with E-state index < -0.39 is 16.0 Å². The summed E-state index contributed by atoms with van der Waals surface area (Å²) in [6, 6.07) is 2.09. The van der Waals surface area contributed by atoms with Gasteiger partial charge in [-0.1, -0.05) is 42.3 Å². The number of carboxylic acid groups (broad SMARTS) is 1. The van der Waals surface area contributed by atoms with Crippen molar-refractivity contribution in [2.24, 2.45) is 0 Å². The van der Waals surface area contributed by atoms with Crippen molar-refractivity contribution in [3.63, 3.8) is 0 Å². The lowest BCUT2D eigenvalue weighted by Gasteiger charge is -2.21. The fraction of sp³-hybridized carbons (Fsp3) is 0.308. The molecule has 0 radical (unpaired) electrons. The van der Waals surface area contributed by atoms with Crippen LogP contribution in [-0.2, 0) is 10.0 Å². The molecular weight excluding hydrogens is 337 g/mol. The van der Waals surface area contributed by atoms with Crippen molar-refractivity contribution in [1.29, 1.82) is 0 Å². The van der Waals surface area contributed by atoms with Gasteiger partial charge < -0.3 is 5.11 Å². The van der Waals surface area contributed by atoms with Gasteiger partial charge in [-0.3, -0.25) is 0 Å². The third-order valence-electron chi connectivity index (χ3n) is 2.67. The van der Waals surface area contributed by atoms with E-state index in [0.29, 0.717) is 5.57 Å². The van der Waals surface area contributed by atoms with Crippen LogP contribution in [-0.4, -0.2) is 36.9 Å². The Balaban J connectivity index is 3.46. The second-order valence-corrected chi connectivity index (χ2v) is 7.18. The standard InChI is InChI=1S/C13H15Cl2NO4S/c1-4-16(7-8(2)3)21(19,20)12-5-9(13(17)18)10(14)6-11(12)15/h5-6H,2,4,7H2,1,3H3,(H,17,18). The third kappa shape index (κ3) is 3.97. The van der Waals surface area contributed by atoms with Crippen LogP contribution in [0.1, 0.15) is 24.2 Å². The number of rotatable bonds is 6. The van der Waals surface area contributed by atoms with Crippen LogP contribution in [0.4, 0.5) is 0 Å². The Morgan fingerprint density at radius 3 is 2.33 bits per heavy atom. The first kappa shape index (κ1) is 18.0. The molecule has 21 heavy (non-hydrogen) atoms. The molecule has 1 N–H and O–H groups in total. The molecule has 1 aromatic carbocycles. The minimum absolute atomic E-state index is 0.116. The molecular formula is C13H15Cl2NO4S. The minimum Gasteiger partial charge on any atom is -0.478 e. The summed E-state index contributed by atoms with van der Waals surface area (Å²) in [5.74, 6) is -1.32. The number of likely N-dealkylation sites (N-methyl/N-ethyl adjacent to an activating group) is 1. The van der Waals surface area contributed by atoms with Gasteiger partial charge in [0.2, 0.25) is 10.0 Å². The monoisotopic (exact) mass is 351 g/mol. The molecule has 0 bridgehead atoms. The summed E-state index contributed by atoms with van der Waals surface area (Å²) in [6.07, 6.45) is 0. The summed E-state index contributed by atoms with van der Waals surface area (Å²) < 4.78 is 26.3. The molecule has 0 aliphatic heterocycles. The van der Waals surface area contributed by atoms with Crippen molar-refractivity contribution in [3.05, 3.63) is 39.9 Å². The van der Waals surface area contributed by atoms with Gasteiger partial charge in [0.1, 0.15) is 4.90 Å². The largest absolute Gasteiger partial charge is 0.478 e. The van der Waals surface area contributed by atoms with Crippen LogP contribution in [0.25, 0.3) is 0 Å². The van der Waals surface area contributed by atoms with Crippen LogP contribution in [0.2, 0.25) is 10.0 Å². The Morgan fingerprint density at radius 1 is 1.33 bits per heavy atom. The van der Waals surface area contributed by atoms with Gasteiger partial charge in [-0.25, -0.2) is 13.2 Å². The number of sulfonamides is 1. The molecule has 116 valence electrons. The SMILES string of the molecule is C=C(C)CN(CC)S(=O)(=O)c1cc(C(=O)O)c(Cl)cc1Cl. The molecule has 1 rings (SSSR count).